The highest BCUT2D eigenvalue weighted by Gasteiger charge is 2.31. The molecule has 3 rings (SSSR count). The minimum absolute atomic E-state index is 0.177. The molecule has 2 N–H and O–H groups in total. The summed E-state index contributed by atoms with van der Waals surface area (Å²) in [6.07, 6.45) is 1.91. The first-order valence-electron chi connectivity index (χ1n) is 6.98. The Morgan fingerprint density at radius 2 is 2.21 bits per heavy atom. The molecular weight excluding hydrogens is 238 g/mol. The number of nitrogens with two attached hydrogens (primary N) is 1. The first-order valence-corrected chi connectivity index (χ1v) is 6.98. The summed E-state index contributed by atoms with van der Waals surface area (Å²) in [4.78, 5) is 16.7. The Labute approximate surface area is 114 Å². The zero-order valence-corrected chi connectivity index (χ0v) is 11.4. The van der Waals surface area contributed by atoms with E-state index in [1.54, 1.807) is 0 Å². The molecule has 4 nitrogen and oxygen atoms in total. The third-order valence-corrected chi connectivity index (χ3v) is 4.36. The van der Waals surface area contributed by atoms with E-state index in [-0.39, 0.29) is 5.92 Å². The van der Waals surface area contributed by atoms with Crippen LogP contribution in [0.3, 0.4) is 0 Å². The summed E-state index contributed by atoms with van der Waals surface area (Å²) in [5, 5.41) is 0. The third-order valence-electron chi connectivity index (χ3n) is 4.36. The molecule has 0 radical (unpaired) electrons. The lowest BCUT2D eigenvalue weighted by Gasteiger charge is -2.31. The molecular formula is C15H21N3O. The van der Waals surface area contributed by atoms with Gasteiger partial charge < -0.3 is 15.5 Å². The van der Waals surface area contributed by atoms with E-state index in [4.69, 9.17) is 5.73 Å². The SMILES string of the molecule is CN1CCC(C(=O)N2CCc3cccc(N)c3C2)C1. The highest BCUT2D eigenvalue weighted by molar-refractivity contribution is 5.80. The second-order valence-corrected chi connectivity index (χ2v) is 5.74. The molecule has 2 aliphatic heterocycles. The van der Waals surface area contributed by atoms with Gasteiger partial charge in [0.25, 0.3) is 0 Å². The monoisotopic (exact) mass is 259 g/mol. The largest absolute Gasteiger partial charge is 0.398 e. The Bertz CT molecular complexity index is 500. The summed E-state index contributed by atoms with van der Waals surface area (Å²) < 4.78 is 0. The van der Waals surface area contributed by atoms with E-state index in [0.29, 0.717) is 12.5 Å². The van der Waals surface area contributed by atoms with Gasteiger partial charge in [0.05, 0.1) is 5.92 Å². The number of anilines is 1. The normalized spacial score (nSPS) is 23.4. The Morgan fingerprint density at radius 1 is 1.37 bits per heavy atom. The average molecular weight is 259 g/mol. The molecule has 0 bridgehead atoms. The average Bonchev–Trinajstić information content (AvgIpc) is 2.85. The van der Waals surface area contributed by atoms with Crippen LogP contribution in [0.1, 0.15) is 17.5 Å². The number of carbonyl (C=O) groups excluding carboxylic acids is 1. The van der Waals surface area contributed by atoms with Gasteiger partial charge in [-0.3, -0.25) is 4.79 Å². The van der Waals surface area contributed by atoms with Crippen LogP contribution in [0.2, 0.25) is 0 Å². The highest BCUT2D eigenvalue weighted by Crippen LogP contribution is 2.26. The van der Waals surface area contributed by atoms with Gasteiger partial charge in [-0.2, -0.15) is 0 Å². The fraction of sp³-hybridized carbons (Fsp3) is 0.533. The Balaban J connectivity index is 1.75. The van der Waals surface area contributed by atoms with Gasteiger partial charge in [0.15, 0.2) is 0 Å². The molecule has 0 saturated carbocycles. The molecule has 1 unspecified atom stereocenters. The van der Waals surface area contributed by atoms with Crippen LogP contribution in [-0.2, 0) is 17.8 Å². The second kappa shape index (κ2) is 4.85. The number of hydrogen-bond donors (Lipinski definition) is 1. The number of rotatable bonds is 1. The van der Waals surface area contributed by atoms with Crippen LogP contribution in [0.15, 0.2) is 18.2 Å². The molecule has 0 spiro atoms. The number of nitrogens with zero attached hydrogens (tertiary/aromatic N) is 2. The van der Waals surface area contributed by atoms with Crippen LogP contribution in [-0.4, -0.2) is 42.4 Å². The van der Waals surface area contributed by atoms with Crippen molar-refractivity contribution < 1.29 is 4.79 Å². The van der Waals surface area contributed by atoms with E-state index in [1.807, 2.05) is 17.0 Å². The number of benzene rings is 1. The summed E-state index contributed by atoms with van der Waals surface area (Å²) in [6.45, 7) is 3.44. The van der Waals surface area contributed by atoms with E-state index in [0.717, 1.165) is 43.7 Å². The van der Waals surface area contributed by atoms with Gasteiger partial charge in [-0.1, -0.05) is 12.1 Å². The van der Waals surface area contributed by atoms with Crippen LogP contribution < -0.4 is 5.73 Å². The van der Waals surface area contributed by atoms with Crippen LogP contribution in [0, 0.1) is 5.92 Å². The van der Waals surface area contributed by atoms with Gasteiger partial charge >= 0.3 is 0 Å². The first-order chi connectivity index (χ1) is 9.15. The fourth-order valence-corrected chi connectivity index (χ4v) is 3.19. The molecule has 0 aromatic heterocycles. The van der Waals surface area contributed by atoms with Crippen molar-refractivity contribution in [3.05, 3.63) is 29.3 Å². The minimum Gasteiger partial charge on any atom is -0.398 e. The number of carbonyl (C=O) groups is 1. The number of amides is 1. The zero-order chi connectivity index (χ0) is 13.4. The lowest BCUT2D eigenvalue weighted by molar-refractivity contribution is -0.136. The predicted molar refractivity (Wildman–Crippen MR) is 75.6 cm³/mol. The van der Waals surface area contributed by atoms with Crippen molar-refractivity contribution in [1.82, 2.24) is 9.80 Å². The fourth-order valence-electron chi connectivity index (χ4n) is 3.19. The topological polar surface area (TPSA) is 49.6 Å². The molecule has 1 aromatic rings. The summed E-state index contributed by atoms with van der Waals surface area (Å²) in [5.41, 5.74) is 9.30. The van der Waals surface area contributed by atoms with Gasteiger partial charge in [0.2, 0.25) is 5.91 Å². The summed E-state index contributed by atoms with van der Waals surface area (Å²) in [6, 6.07) is 6.05. The molecule has 2 aliphatic rings. The van der Waals surface area contributed by atoms with Crippen molar-refractivity contribution in [3.63, 3.8) is 0 Å². The molecule has 2 heterocycles. The lowest BCUT2D eigenvalue weighted by Crippen LogP contribution is -2.40. The Morgan fingerprint density at radius 3 is 2.95 bits per heavy atom. The first kappa shape index (κ1) is 12.5. The molecule has 102 valence electrons. The van der Waals surface area contributed by atoms with Crippen molar-refractivity contribution >= 4 is 11.6 Å². The molecule has 4 heteroatoms. The van der Waals surface area contributed by atoms with Crippen LogP contribution >= 0.6 is 0 Å². The Kier molecular flexibility index (Phi) is 3.19. The van der Waals surface area contributed by atoms with Crippen molar-refractivity contribution in [1.29, 1.82) is 0 Å². The lowest BCUT2D eigenvalue weighted by atomic mass is 9.96. The van der Waals surface area contributed by atoms with E-state index >= 15 is 0 Å². The zero-order valence-electron chi connectivity index (χ0n) is 11.4. The van der Waals surface area contributed by atoms with Gasteiger partial charge in [-0.15, -0.1) is 0 Å². The Hall–Kier alpha value is -1.55. The predicted octanol–water partition coefficient (Wildman–Crippen LogP) is 1.11. The number of likely N-dealkylation sites (tertiary alicyclic amines) is 1. The van der Waals surface area contributed by atoms with Crippen molar-refractivity contribution in [2.45, 2.75) is 19.4 Å². The standard InChI is InChI=1S/C15H21N3O/c1-17-7-5-12(9-17)15(19)18-8-6-11-3-2-4-14(16)13(11)10-18/h2-4,12H,5-10,16H2,1H3. The minimum atomic E-state index is 0.177. The van der Waals surface area contributed by atoms with Crippen LogP contribution in [0.4, 0.5) is 5.69 Å². The van der Waals surface area contributed by atoms with E-state index < -0.39 is 0 Å². The number of hydrogen-bond acceptors (Lipinski definition) is 3. The molecule has 0 aliphatic carbocycles. The van der Waals surface area contributed by atoms with Crippen molar-refractivity contribution in [2.75, 3.05) is 32.4 Å². The van der Waals surface area contributed by atoms with E-state index in [2.05, 4.69) is 18.0 Å². The maximum atomic E-state index is 12.5. The molecule has 1 amide bonds. The number of nitrogen functional groups attached to an aromatic ring is 1. The maximum Gasteiger partial charge on any atom is 0.227 e. The van der Waals surface area contributed by atoms with Crippen molar-refractivity contribution in [3.8, 4) is 0 Å². The third kappa shape index (κ3) is 2.32. The molecule has 19 heavy (non-hydrogen) atoms. The summed E-state index contributed by atoms with van der Waals surface area (Å²) >= 11 is 0. The summed E-state index contributed by atoms with van der Waals surface area (Å²) in [7, 11) is 2.08. The smallest absolute Gasteiger partial charge is 0.227 e. The highest BCUT2D eigenvalue weighted by atomic mass is 16.2. The van der Waals surface area contributed by atoms with Crippen LogP contribution in [0.5, 0.6) is 0 Å². The molecule has 1 atom stereocenters. The molecule has 1 fully saturated rings. The van der Waals surface area contributed by atoms with Gasteiger partial charge in [-0.25, -0.2) is 0 Å². The van der Waals surface area contributed by atoms with Gasteiger partial charge in [0, 0.05) is 25.3 Å². The molecule has 1 aromatic carbocycles. The van der Waals surface area contributed by atoms with Gasteiger partial charge in [0.1, 0.15) is 0 Å². The van der Waals surface area contributed by atoms with E-state index in [9.17, 15) is 4.79 Å². The van der Waals surface area contributed by atoms with E-state index in [1.165, 1.54) is 5.56 Å². The maximum absolute atomic E-state index is 12.5. The quantitative estimate of drug-likeness (QED) is 0.769. The second-order valence-electron chi connectivity index (χ2n) is 5.74. The van der Waals surface area contributed by atoms with Crippen LogP contribution in [0.25, 0.3) is 0 Å². The summed E-state index contributed by atoms with van der Waals surface area (Å²) in [5.74, 6) is 0.481. The number of fused-ring (bicyclic) bond motifs is 1. The molecule has 1 saturated heterocycles. The van der Waals surface area contributed by atoms with Gasteiger partial charge in [-0.05, 0) is 43.6 Å². The van der Waals surface area contributed by atoms with Crippen molar-refractivity contribution in [2.24, 2.45) is 5.92 Å².